The number of primary amides is 1. The highest BCUT2D eigenvalue weighted by Gasteiger charge is 2.28. The Morgan fingerprint density at radius 3 is 2.55 bits per heavy atom. The van der Waals surface area contributed by atoms with Gasteiger partial charge in [-0.1, -0.05) is 17.7 Å². The molecule has 2 aliphatic rings. The first-order valence-corrected chi connectivity index (χ1v) is 13.3. The lowest BCUT2D eigenvalue weighted by Crippen LogP contribution is -2.36. The van der Waals surface area contributed by atoms with E-state index in [2.05, 4.69) is 20.3 Å². The van der Waals surface area contributed by atoms with Gasteiger partial charge in [0, 0.05) is 36.4 Å². The van der Waals surface area contributed by atoms with Crippen LogP contribution in [-0.2, 0) is 24.1 Å². The van der Waals surface area contributed by atoms with Crippen molar-refractivity contribution in [3.8, 4) is 16.9 Å². The normalized spacial score (nSPS) is 14.8. The molecule has 2 aromatic heterocycles. The molecule has 0 saturated carbocycles. The van der Waals surface area contributed by atoms with Crippen molar-refractivity contribution in [1.29, 1.82) is 0 Å². The zero-order chi connectivity index (χ0) is 27.8. The molecule has 6 rings (SSSR count). The summed E-state index contributed by atoms with van der Waals surface area (Å²) in [5.41, 5.74) is 11.0. The zero-order valence-corrected chi connectivity index (χ0v) is 22.2. The van der Waals surface area contributed by atoms with Gasteiger partial charge in [-0.15, -0.1) is 0 Å². The number of aryl methyl sites for hydroxylation is 1. The predicted molar refractivity (Wildman–Crippen MR) is 148 cm³/mol. The van der Waals surface area contributed by atoms with Gasteiger partial charge in [-0.25, -0.2) is 14.1 Å². The van der Waals surface area contributed by atoms with Gasteiger partial charge in [0.2, 0.25) is 0 Å². The number of hydrogen-bond acceptors (Lipinski definition) is 6. The molecule has 0 bridgehead atoms. The topological polar surface area (TPSA) is 115 Å². The fourth-order valence-corrected chi connectivity index (χ4v) is 5.38. The zero-order valence-electron chi connectivity index (χ0n) is 21.5. The number of nitrogens with zero attached hydrogens (tertiary/aromatic N) is 4. The molecule has 1 saturated heterocycles. The summed E-state index contributed by atoms with van der Waals surface area (Å²) in [6.45, 7) is 3.53. The third kappa shape index (κ3) is 5.08. The van der Waals surface area contributed by atoms with Gasteiger partial charge in [0.15, 0.2) is 5.69 Å². The van der Waals surface area contributed by atoms with E-state index in [4.69, 9.17) is 22.1 Å². The molecule has 0 atom stereocenters. The van der Waals surface area contributed by atoms with Crippen molar-refractivity contribution in [2.24, 2.45) is 5.73 Å². The number of pyridine rings is 1. The van der Waals surface area contributed by atoms with Gasteiger partial charge in [-0.3, -0.25) is 14.5 Å². The molecule has 1 aliphatic carbocycles. The van der Waals surface area contributed by atoms with E-state index < -0.39 is 11.8 Å². The molecule has 3 N–H and O–H groups in total. The van der Waals surface area contributed by atoms with Crippen LogP contribution in [0, 0.1) is 5.82 Å². The minimum Gasteiger partial charge on any atom is -0.379 e. The molecule has 11 heteroatoms. The fourth-order valence-electron chi connectivity index (χ4n) is 5.19. The van der Waals surface area contributed by atoms with Gasteiger partial charge >= 0.3 is 0 Å². The summed E-state index contributed by atoms with van der Waals surface area (Å²) < 4.78 is 20.6. The quantitative estimate of drug-likeness (QED) is 0.368. The molecule has 2 amide bonds. The smallest absolute Gasteiger partial charge is 0.275 e. The maximum atomic E-state index is 13.6. The van der Waals surface area contributed by atoms with Crippen LogP contribution in [0.3, 0.4) is 0 Å². The van der Waals surface area contributed by atoms with Crippen molar-refractivity contribution in [2.45, 2.75) is 19.4 Å². The molecule has 4 aromatic rings. The van der Waals surface area contributed by atoms with E-state index in [1.165, 1.54) is 12.1 Å². The molecule has 1 fully saturated rings. The minimum atomic E-state index is -0.636. The molecule has 0 radical (unpaired) electrons. The van der Waals surface area contributed by atoms with Crippen LogP contribution in [0.5, 0.6) is 0 Å². The number of carbonyl (C=O) groups excluding carboxylic acids is 2. The van der Waals surface area contributed by atoms with Gasteiger partial charge in [-0.2, -0.15) is 5.10 Å². The summed E-state index contributed by atoms with van der Waals surface area (Å²) in [5.74, 6) is -1.45. The number of halogens is 2. The number of fused-ring (bicyclic) bond motifs is 3. The molecule has 0 unspecified atom stereocenters. The Morgan fingerprint density at radius 2 is 1.80 bits per heavy atom. The summed E-state index contributed by atoms with van der Waals surface area (Å²) in [7, 11) is 0. The van der Waals surface area contributed by atoms with Crippen molar-refractivity contribution in [3.63, 3.8) is 0 Å². The maximum absolute atomic E-state index is 13.6. The minimum absolute atomic E-state index is 0.137. The standard InChI is InChI=1S/C29H26ClFN6O3/c30-24-10-6-20(16-36-11-13-40-14-12-36)33-26(24)29(39)34-19-5-1-17-2-9-22-25(28(32)38)35-37(27(22)23(17)15-19)21-7-3-18(31)4-8-21/h1,3-8,10,15H,2,9,11-14,16H2,(H2,32,38)(H,34,39). The summed E-state index contributed by atoms with van der Waals surface area (Å²) in [6.07, 6.45) is 1.24. The number of benzene rings is 2. The van der Waals surface area contributed by atoms with Crippen LogP contribution < -0.4 is 11.1 Å². The Kier molecular flexibility index (Phi) is 7.05. The Morgan fingerprint density at radius 1 is 1.02 bits per heavy atom. The predicted octanol–water partition coefficient (Wildman–Crippen LogP) is 4.01. The van der Waals surface area contributed by atoms with Crippen molar-refractivity contribution in [3.05, 3.63) is 93.6 Å². The van der Waals surface area contributed by atoms with Crippen LogP contribution in [0.2, 0.25) is 5.02 Å². The summed E-state index contributed by atoms with van der Waals surface area (Å²) in [6, 6.07) is 14.9. The van der Waals surface area contributed by atoms with Gasteiger partial charge in [0.25, 0.3) is 11.8 Å². The van der Waals surface area contributed by atoms with E-state index in [0.717, 1.165) is 29.9 Å². The number of ether oxygens (including phenoxy) is 1. The fraction of sp³-hybridized carbons (Fsp3) is 0.241. The van der Waals surface area contributed by atoms with E-state index in [1.54, 1.807) is 22.9 Å². The monoisotopic (exact) mass is 560 g/mol. The molecular weight excluding hydrogens is 535 g/mol. The second-order valence-electron chi connectivity index (χ2n) is 9.78. The average Bonchev–Trinajstić information content (AvgIpc) is 3.36. The van der Waals surface area contributed by atoms with Gasteiger partial charge in [-0.05, 0) is 66.9 Å². The second-order valence-corrected chi connectivity index (χ2v) is 10.2. The Bertz CT molecular complexity index is 1620. The van der Waals surface area contributed by atoms with Crippen LogP contribution in [0.25, 0.3) is 16.9 Å². The van der Waals surface area contributed by atoms with Crippen LogP contribution in [0.1, 0.15) is 37.8 Å². The lowest BCUT2D eigenvalue weighted by molar-refractivity contribution is 0.0336. The third-order valence-corrected chi connectivity index (χ3v) is 7.47. The maximum Gasteiger partial charge on any atom is 0.275 e. The number of anilines is 1. The van der Waals surface area contributed by atoms with Crippen molar-refractivity contribution in [2.75, 3.05) is 31.6 Å². The highest BCUT2D eigenvalue weighted by Crippen LogP contribution is 2.38. The number of rotatable bonds is 6. The molecule has 1 aliphatic heterocycles. The Balaban J connectivity index is 1.32. The lowest BCUT2D eigenvalue weighted by atomic mass is 9.88. The average molecular weight is 561 g/mol. The van der Waals surface area contributed by atoms with E-state index >= 15 is 0 Å². The van der Waals surface area contributed by atoms with E-state index in [9.17, 15) is 14.0 Å². The van der Waals surface area contributed by atoms with E-state index in [-0.39, 0.29) is 22.2 Å². The molecule has 0 spiro atoms. The van der Waals surface area contributed by atoms with Gasteiger partial charge in [0.05, 0.1) is 35.3 Å². The molecule has 40 heavy (non-hydrogen) atoms. The van der Waals surface area contributed by atoms with Crippen LogP contribution in [0.15, 0.2) is 54.6 Å². The largest absolute Gasteiger partial charge is 0.379 e. The number of nitrogens with two attached hydrogens (primary N) is 1. The first-order valence-electron chi connectivity index (χ1n) is 12.9. The Hall–Kier alpha value is -4.12. The number of hydrogen-bond donors (Lipinski definition) is 2. The summed E-state index contributed by atoms with van der Waals surface area (Å²) in [4.78, 5) is 32.3. The SMILES string of the molecule is NC(=O)c1nn(-c2ccc(F)cc2)c2c1CCc1ccc(NC(=O)c3nc(CN4CCOCC4)ccc3Cl)cc1-2. The highest BCUT2D eigenvalue weighted by molar-refractivity contribution is 6.34. The van der Waals surface area contributed by atoms with Crippen molar-refractivity contribution in [1.82, 2.24) is 19.7 Å². The number of nitrogens with one attached hydrogen (secondary N) is 1. The molecule has 2 aromatic carbocycles. The van der Waals surface area contributed by atoms with Crippen molar-refractivity contribution >= 4 is 29.1 Å². The first kappa shape index (κ1) is 26.1. The summed E-state index contributed by atoms with van der Waals surface area (Å²) >= 11 is 6.38. The van der Waals surface area contributed by atoms with E-state index in [1.807, 2.05) is 24.3 Å². The van der Waals surface area contributed by atoms with Crippen LogP contribution in [-0.4, -0.2) is 57.8 Å². The molecular formula is C29H26ClFN6O3. The molecule has 204 valence electrons. The second kappa shape index (κ2) is 10.8. The summed E-state index contributed by atoms with van der Waals surface area (Å²) in [5, 5.41) is 7.66. The van der Waals surface area contributed by atoms with E-state index in [0.29, 0.717) is 55.2 Å². The van der Waals surface area contributed by atoms with Gasteiger partial charge < -0.3 is 15.8 Å². The highest BCUT2D eigenvalue weighted by atomic mass is 35.5. The number of aromatic nitrogens is 3. The third-order valence-electron chi connectivity index (χ3n) is 7.16. The number of carbonyl (C=O) groups is 2. The molecule has 3 heterocycles. The van der Waals surface area contributed by atoms with Crippen LogP contribution >= 0.6 is 11.6 Å². The molecule has 9 nitrogen and oxygen atoms in total. The lowest BCUT2D eigenvalue weighted by Gasteiger charge is -2.26. The van der Waals surface area contributed by atoms with Gasteiger partial charge in [0.1, 0.15) is 11.5 Å². The number of morpholine rings is 1. The van der Waals surface area contributed by atoms with Crippen LogP contribution in [0.4, 0.5) is 10.1 Å². The van der Waals surface area contributed by atoms with Crippen molar-refractivity contribution < 1.29 is 18.7 Å². The Labute approximate surface area is 234 Å². The first-order chi connectivity index (χ1) is 19.4. The number of amides is 2.